The van der Waals surface area contributed by atoms with Gasteiger partial charge in [-0.2, -0.15) is 8.75 Å². The lowest BCUT2D eigenvalue weighted by molar-refractivity contribution is 0.362. The average Bonchev–Trinajstić information content (AvgIpc) is 3.97. The third-order valence-corrected chi connectivity index (χ3v) is 12.6. The Kier molecular flexibility index (Phi) is 8.74. The zero-order valence-corrected chi connectivity index (χ0v) is 32.9. The minimum atomic E-state index is 0.412. The van der Waals surface area contributed by atoms with Gasteiger partial charge in [0.25, 0.3) is 0 Å². The van der Waals surface area contributed by atoms with Crippen LogP contribution < -0.4 is 0 Å². The van der Waals surface area contributed by atoms with Gasteiger partial charge >= 0.3 is 0 Å². The van der Waals surface area contributed by atoms with Crippen LogP contribution in [-0.4, -0.2) is 18.3 Å². The van der Waals surface area contributed by atoms with Crippen LogP contribution in [0.4, 0.5) is 0 Å². The normalized spacial score (nSPS) is 13.4. The van der Waals surface area contributed by atoms with Crippen LogP contribution in [0.3, 0.4) is 0 Å². The summed E-state index contributed by atoms with van der Waals surface area (Å²) in [6.07, 6.45) is 6.16. The maximum absolute atomic E-state index is 5.54. The lowest BCUT2D eigenvalue weighted by atomic mass is 9.84. The fraction of sp³-hybridized carbons (Fsp3) is 0.113. The lowest BCUT2D eigenvalue weighted by Crippen LogP contribution is -2.14. The summed E-state index contributed by atoms with van der Waals surface area (Å²) < 4.78 is 12.6. The zero-order chi connectivity index (χ0) is 38.4. The molecule has 1 fully saturated rings. The molecule has 0 N–H and O–H groups in total. The Hall–Kier alpha value is -6.69. The summed E-state index contributed by atoms with van der Waals surface area (Å²) in [6.45, 7) is 0. The molecule has 4 nitrogen and oxygen atoms in total. The van der Waals surface area contributed by atoms with Crippen LogP contribution in [0.25, 0.3) is 77.3 Å². The first-order chi connectivity index (χ1) is 28.8. The number of fused-ring (bicyclic) bond motifs is 7. The number of imidazole rings is 1. The van der Waals surface area contributed by atoms with E-state index in [4.69, 9.17) is 13.7 Å². The molecule has 1 aliphatic rings. The van der Waals surface area contributed by atoms with Crippen molar-refractivity contribution in [3.63, 3.8) is 0 Å². The Morgan fingerprint density at radius 1 is 0.448 bits per heavy atom. The highest BCUT2D eigenvalue weighted by atomic mass is 32.1. The molecule has 0 aliphatic heterocycles. The third-order valence-electron chi connectivity index (χ3n) is 12.1. The van der Waals surface area contributed by atoms with Gasteiger partial charge in [0.15, 0.2) is 0 Å². The van der Waals surface area contributed by atoms with E-state index in [2.05, 4.69) is 180 Å². The molecule has 11 rings (SSSR count). The topological polar surface area (TPSA) is 43.6 Å². The van der Waals surface area contributed by atoms with E-state index < -0.39 is 0 Å². The van der Waals surface area contributed by atoms with Crippen molar-refractivity contribution < 1.29 is 0 Å². The number of hydrogen-bond acceptors (Lipinski definition) is 4. The summed E-state index contributed by atoms with van der Waals surface area (Å²) in [5.41, 5.74) is 14.3. The molecule has 2 heterocycles. The minimum Gasteiger partial charge on any atom is -0.320 e. The Balaban J connectivity index is 1.08. The molecule has 0 atom stereocenters. The summed E-state index contributed by atoms with van der Waals surface area (Å²) in [6, 6.07) is 63.7. The fourth-order valence-electron chi connectivity index (χ4n) is 9.43. The van der Waals surface area contributed by atoms with Crippen molar-refractivity contribution in [2.75, 3.05) is 0 Å². The van der Waals surface area contributed by atoms with E-state index in [0.29, 0.717) is 6.04 Å². The second kappa shape index (κ2) is 14.7. The summed E-state index contributed by atoms with van der Waals surface area (Å²) in [5.74, 6) is 1.05. The van der Waals surface area contributed by atoms with Crippen molar-refractivity contribution in [2.45, 2.75) is 38.1 Å². The molecule has 1 saturated carbocycles. The maximum Gasteiger partial charge on any atom is 0.141 e. The largest absolute Gasteiger partial charge is 0.320 e. The monoisotopic (exact) mass is 764 g/mol. The van der Waals surface area contributed by atoms with Crippen LogP contribution in [0, 0.1) is 0 Å². The van der Waals surface area contributed by atoms with Gasteiger partial charge in [0.05, 0.1) is 22.8 Å². The van der Waals surface area contributed by atoms with Gasteiger partial charge in [0.1, 0.15) is 16.9 Å². The van der Waals surface area contributed by atoms with Crippen LogP contribution in [-0.2, 0) is 0 Å². The van der Waals surface area contributed by atoms with E-state index in [9.17, 15) is 0 Å². The van der Waals surface area contributed by atoms with Crippen LogP contribution in [0.1, 0.15) is 60.4 Å². The molecule has 0 unspecified atom stereocenters. The van der Waals surface area contributed by atoms with Gasteiger partial charge in [-0.15, -0.1) is 0 Å². The lowest BCUT2D eigenvalue weighted by Gasteiger charge is -2.26. The maximum atomic E-state index is 5.54. The highest BCUT2D eigenvalue weighted by Gasteiger charge is 2.26. The van der Waals surface area contributed by atoms with Crippen LogP contribution in [0.15, 0.2) is 176 Å². The van der Waals surface area contributed by atoms with E-state index in [0.717, 1.165) is 66.9 Å². The molecule has 8 aromatic carbocycles. The average molecular weight is 765 g/mol. The number of aromatic nitrogens is 4. The highest BCUT2D eigenvalue weighted by Crippen LogP contribution is 2.44. The number of benzene rings is 8. The van der Waals surface area contributed by atoms with Crippen molar-refractivity contribution in [3.05, 3.63) is 198 Å². The molecule has 58 heavy (non-hydrogen) atoms. The van der Waals surface area contributed by atoms with Crippen molar-refractivity contribution in [1.82, 2.24) is 18.3 Å². The fourth-order valence-corrected chi connectivity index (χ4v) is 10.0. The molecule has 0 spiro atoms. The molecule has 0 radical (unpaired) electrons. The van der Waals surface area contributed by atoms with Gasteiger partial charge in [-0.3, -0.25) is 0 Å². The standard InChI is InChI=1S/C53H40N4S/c1-5-17-36(18-6-1)47(37-19-7-2-8-20-37)48(38-21-9-3-10-22-38)46-34-33-41(49-50(46)56-58-55-49)35-29-31-39(32-30-35)53-54-51-44-27-15-13-25-42(44)43-26-14-16-28-45(43)52(51)57(53)40-23-11-4-12-24-40/h1-3,5-10,13-22,25-34,40H,4,11-12,23-24H2. The highest BCUT2D eigenvalue weighted by molar-refractivity contribution is 7.00. The van der Waals surface area contributed by atoms with Gasteiger partial charge in [0.2, 0.25) is 0 Å². The first-order valence-corrected chi connectivity index (χ1v) is 21.1. The van der Waals surface area contributed by atoms with Crippen molar-refractivity contribution >= 4 is 66.5 Å². The van der Waals surface area contributed by atoms with Crippen LogP contribution in [0.2, 0.25) is 0 Å². The van der Waals surface area contributed by atoms with E-state index >= 15 is 0 Å². The molecule has 278 valence electrons. The van der Waals surface area contributed by atoms with E-state index in [1.165, 1.54) is 76.5 Å². The van der Waals surface area contributed by atoms with Crippen LogP contribution in [0.5, 0.6) is 0 Å². The van der Waals surface area contributed by atoms with E-state index in [1.54, 1.807) is 0 Å². The minimum absolute atomic E-state index is 0.412. The van der Waals surface area contributed by atoms with Gasteiger partial charge in [0, 0.05) is 33.5 Å². The molecular weight excluding hydrogens is 725 g/mol. The molecule has 2 aromatic heterocycles. The Morgan fingerprint density at radius 3 is 1.60 bits per heavy atom. The second-order valence-corrected chi connectivity index (χ2v) is 16.0. The number of hydrogen-bond donors (Lipinski definition) is 0. The van der Waals surface area contributed by atoms with Gasteiger partial charge in [-0.25, -0.2) is 4.98 Å². The van der Waals surface area contributed by atoms with Crippen molar-refractivity contribution in [3.8, 4) is 22.5 Å². The predicted octanol–water partition coefficient (Wildman–Crippen LogP) is 14.2. The van der Waals surface area contributed by atoms with Gasteiger partial charge < -0.3 is 4.57 Å². The Morgan fingerprint density at radius 2 is 0.966 bits per heavy atom. The summed E-state index contributed by atoms with van der Waals surface area (Å²) in [4.78, 5) is 5.54. The molecule has 5 heteroatoms. The molecule has 0 amide bonds. The SMILES string of the molecule is c1ccc(C(=C(c2ccccc2)c2ccc(-c3ccc(-c4nc5c6ccccc6c6ccccc6c5n4C4CCCCC4)cc3)c3nsnc23)c2ccccc2)cc1. The first kappa shape index (κ1) is 34.5. The summed E-state index contributed by atoms with van der Waals surface area (Å²) in [7, 11) is 0. The smallest absolute Gasteiger partial charge is 0.141 e. The second-order valence-electron chi connectivity index (χ2n) is 15.4. The van der Waals surface area contributed by atoms with E-state index in [-0.39, 0.29) is 0 Å². The predicted molar refractivity (Wildman–Crippen MR) is 243 cm³/mol. The van der Waals surface area contributed by atoms with Crippen molar-refractivity contribution in [1.29, 1.82) is 0 Å². The molecular formula is C53H40N4S. The zero-order valence-electron chi connectivity index (χ0n) is 32.1. The molecule has 1 aliphatic carbocycles. The molecule has 0 saturated heterocycles. The third kappa shape index (κ3) is 5.85. The molecule has 0 bridgehead atoms. The Bertz CT molecular complexity index is 3080. The summed E-state index contributed by atoms with van der Waals surface area (Å²) in [5, 5.41) is 5.05. The quantitative estimate of drug-likeness (QED) is 0.120. The van der Waals surface area contributed by atoms with Gasteiger partial charge in [-0.1, -0.05) is 195 Å². The van der Waals surface area contributed by atoms with Crippen molar-refractivity contribution in [2.24, 2.45) is 0 Å². The number of rotatable bonds is 7. The Labute approximate surface area is 342 Å². The van der Waals surface area contributed by atoms with Crippen LogP contribution >= 0.6 is 11.7 Å². The number of nitrogens with zero attached hydrogens (tertiary/aromatic N) is 4. The van der Waals surface area contributed by atoms with E-state index in [1.807, 2.05) is 0 Å². The van der Waals surface area contributed by atoms with Gasteiger partial charge in [-0.05, 0) is 57.0 Å². The molecule has 10 aromatic rings. The summed E-state index contributed by atoms with van der Waals surface area (Å²) >= 11 is 1.28. The first-order valence-electron chi connectivity index (χ1n) is 20.4.